The van der Waals surface area contributed by atoms with Gasteiger partial charge in [-0.25, -0.2) is 0 Å². The maximum absolute atomic E-state index is 13.2. The van der Waals surface area contributed by atoms with Crippen molar-refractivity contribution < 1.29 is 3.83 Å². The van der Waals surface area contributed by atoms with Gasteiger partial charge in [0.1, 0.15) is 0 Å². The van der Waals surface area contributed by atoms with E-state index in [9.17, 15) is 3.83 Å². The summed E-state index contributed by atoms with van der Waals surface area (Å²) in [4.78, 5) is 1.08. The van der Waals surface area contributed by atoms with Crippen molar-refractivity contribution in [2.45, 2.75) is 179 Å². The van der Waals surface area contributed by atoms with Crippen molar-refractivity contribution >= 4 is 13.8 Å². The van der Waals surface area contributed by atoms with E-state index in [1.807, 2.05) is 0 Å². The number of unbranched alkanes of at least 4 members (excludes halogenated alkanes) is 16. The van der Waals surface area contributed by atoms with Crippen molar-refractivity contribution in [3.05, 3.63) is 0 Å². The molecule has 0 radical (unpaired) electrons. The predicted molar refractivity (Wildman–Crippen MR) is 138 cm³/mol. The second kappa shape index (κ2) is 24.0. The molecule has 0 aliphatic heterocycles. The molecule has 0 aromatic carbocycles. The molecule has 1 nitrogen and oxygen atoms in total. The molecule has 0 aliphatic rings. The molecule has 30 heavy (non-hydrogen) atoms. The Morgan fingerprint density at radius 1 is 0.433 bits per heavy atom. The van der Waals surface area contributed by atoms with Crippen molar-refractivity contribution in [2.75, 3.05) is 0 Å². The van der Waals surface area contributed by atoms with Gasteiger partial charge in [-0.3, -0.25) is 0 Å². The van der Waals surface area contributed by atoms with Gasteiger partial charge in [-0.2, -0.15) is 0 Å². The van der Waals surface area contributed by atoms with E-state index in [0.717, 1.165) is 12.8 Å². The Bertz CT molecular complexity index is 323. The first kappa shape index (κ1) is 30.3. The fourth-order valence-corrected chi connectivity index (χ4v) is 8.80. The summed E-state index contributed by atoms with van der Waals surface area (Å²) in [6, 6.07) is 0. The second-order valence-electron chi connectivity index (χ2n) is 9.62. The molecule has 0 saturated heterocycles. The molecule has 0 saturated carbocycles. The van der Waals surface area contributed by atoms with Crippen LogP contribution in [0.1, 0.15) is 169 Å². The first-order valence-electron chi connectivity index (χ1n) is 14.1. The van der Waals surface area contributed by atoms with Crippen LogP contribution in [0, 0.1) is 0 Å². The van der Waals surface area contributed by atoms with Crippen molar-refractivity contribution in [2.24, 2.45) is 0 Å². The Morgan fingerprint density at radius 3 is 0.967 bits per heavy atom. The number of hydrogen-bond donors (Lipinski definition) is 0. The molecule has 2 heteroatoms. The van der Waals surface area contributed by atoms with Gasteiger partial charge in [0.2, 0.25) is 0 Å². The van der Waals surface area contributed by atoms with Gasteiger partial charge < -0.3 is 0 Å². The minimum atomic E-state index is -1.69. The molecule has 0 aromatic rings. The molecule has 182 valence electrons. The third kappa shape index (κ3) is 17.9. The number of hydrogen-bond acceptors (Lipinski definition) is 1. The molecule has 0 N–H and O–H groups in total. The summed E-state index contributed by atoms with van der Waals surface area (Å²) in [5, 5.41) is 0. The van der Waals surface area contributed by atoms with Crippen LogP contribution in [0.15, 0.2) is 0 Å². The second-order valence-corrected chi connectivity index (χ2v) is 13.8. The van der Waals surface area contributed by atoms with Crippen molar-refractivity contribution in [3.63, 3.8) is 0 Å². The first-order chi connectivity index (χ1) is 14.7. The minimum absolute atomic E-state index is 0.540. The monoisotopic (exact) mass is 490 g/mol. The molecule has 0 fully saturated rings. The van der Waals surface area contributed by atoms with E-state index in [1.54, 1.807) is 0 Å². The molecule has 0 aliphatic carbocycles. The zero-order chi connectivity index (χ0) is 22.3. The van der Waals surface area contributed by atoms with Gasteiger partial charge in [0.25, 0.3) is 0 Å². The Morgan fingerprint density at radius 2 is 0.700 bits per heavy atom. The van der Waals surface area contributed by atoms with E-state index in [1.165, 1.54) is 128 Å². The first-order valence-corrected chi connectivity index (χ1v) is 16.8. The third-order valence-corrected chi connectivity index (χ3v) is 12.0. The van der Waals surface area contributed by atoms with Gasteiger partial charge in [0, 0.05) is 0 Å². The van der Waals surface area contributed by atoms with E-state index in [4.69, 9.17) is 0 Å². The third-order valence-electron chi connectivity index (χ3n) is 6.83. The zero-order valence-corrected chi connectivity index (χ0v) is 23.2. The summed E-state index contributed by atoms with van der Waals surface area (Å²) >= 11 is -1.69. The average molecular weight is 490 g/mol. The molecule has 0 aromatic heterocycles. The molecule has 0 bridgehead atoms. The number of rotatable bonds is 24. The standard InChI is InChI=1S/C28H58OSe/c1-5-9-11-13-15-17-19-21-23-25-27(7-3)30(29)28(8-4)26-24-22-20-18-16-14-12-10-6-2/h27-28H,5-26H2,1-4H3. The molecule has 0 rings (SSSR count). The molecule has 2 unspecified atom stereocenters. The Hall–Kier alpha value is 0.319. The summed E-state index contributed by atoms with van der Waals surface area (Å²) in [6.07, 6.45) is 29.7. The van der Waals surface area contributed by atoms with Gasteiger partial charge in [-0.1, -0.05) is 0 Å². The normalized spacial score (nSPS) is 14.7. The van der Waals surface area contributed by atoms with Crippen LogP contribution in [0.2, 0.25) is 9.63 Å². The summed E-state index contributed by atoms with van der Waals surface area (Å²) in [5.41, 5.74) is 0. The molecule has 0 heterocycles. The summed E-state index contributed by atoms with van der Waals surface area (Å²) in [7, 11) is 0. The van der Waals surface area contributed by atoms with Gasteiger partial charge in [-0.15, -0.1) is 0 Å². The Kier molecular flexibility index (Phi) is 24.2. The van der Waals surface area contributed by atoms with Crippen molar-refractivity contribution in [1.82, 2.24) is 0 Å². The SMILES string of the molecule is CCCCCCCCCCCC(CC)[Se](=O)C(CC)CCCCCCCCCCC. The average Bonchev–Trinajstić information content (AvgIpc) is 2.76. The van der Waals surface area contributed by atoms with Gasteiger partial charge >= 0.3 is 196 Å². The van der Waals surface area contributed by atoms with Crippen LogP contribution in [0.25, 0.3) is 0 Å². The van der Waals surface area contributed by atoms with Crippen LogP contribution in [-0.4, -0.2) is 13.8 Å². The summed E-state index contributed by atoms with van der Waals surface area (Å²) in [6.45, 7) is 9.13. The van der Waals surface area contributed by atoms with Crippen LogP contribution in [0.5, 0.6) is 0 Å². The van der Waals surface area contributed by atoms with Crippen molar-refractivity contribution in [3.8, 4) is 0 Å². The van der Waals surface area contributed by atoms with Crippen LogP contribution in [-0.2, 0) is 3.83 Å². The topological polar surface area (TPSA) is 17.1 Å². The summed E-state index contributed by atoms with van der Waals surface area (Å²) < 4.78 is 13.2. The molecular weight excluding hydrogens is 431 g/mol. The fourth-order valence-electron chi connectivity index (χ4n) is 4.61. The zero-order valence-electron chi connectivity index (χ0n) is 21.5. The van der Waals surface area contributed by atoms with Crippen molar-refractivity contribution in [1.29, 1.82) is 0 Å². The molecule has 0 spiro atoms. The Balaban J connectivity index is 3.83. The van der Waals surface area contributed by atoms with E-state index in [2.05, 4.69) is 27.7 Å². The van der Waals surface area contributed by atoms with Gasteiger partial charge in [0.05, 0.1) is 0 Å². The Labute approximate surface area is 196 Å². The van der Waals surface area contributed by atoms with E-state index >= 15 is 0 Å². The van der Waals surface area contributed by atoms with Gasteiger partial charge in [0.15, 0.2) is 0 Å². The summed E-state index contributed by atoms with van der Waals surface area (Å²) in [5.74, 6) is 0. The van der Waals surface area contributed by atoms with Gasteiger partial charge in [-0.05, 0) is 0 Å². The van der Waals surface area contributed by atoms with Crippen LogP contribution < -0.4 is 0 Å². The van der Waals surface area contributed by atoms with Crippen LogP contribution in [0.4, 0.5) is 0 Å². The molecule has 0 amide bonds. The predicted octanol–water partition coefficient (Wildman–Crippen LogP) is 10.8. The van der Waals surface area contributed by atoms with Crippen LogP contribution in [0.3, 0.4) is 0 Å². The van der Waals surface area contributed by atoms with E-state index in [-0.39, 0.29) is 0 Å². The molecular formula is C28H58OSe. The fraction of sp³-hybridized carbons (Fsp3) is 1.00. The molecule has 2 atom stereocenters. The quantitative estimate of drug-likeness (QED) is 0.0973. The van der Waals surface area contributed by atoms with E-state index in [0.29, 0.717) is 9.63 Å². The van der Waals surface area contributed by atoms with E-state index < -0.39 is 13.8 Å². The van der Waals surface area contributed by atoms with Crippen LogP contribution >= 0.6 is 0 Å². The maximum atomic E-state index is 13.2.